The first-order valence-electron chi connectivity index (χ1n) is 7.03. The fourth-order valence-electron chi connectivity index (χ4n) is 2.33. The topological polar surface area (TPSA) is 51.8 Å². The molecule has 0 atom stereocenters. The lowest BCUT2D eigenvalue weighted by molar-refractivity contribution is 0.792. The minimum absolute atomic E-state index is 0.349. The van der Waals surface area contributed by atoms with Crippen molar-refractivity contribution in [3.05, 3.63) is 40.6 Å². The summed E-state index contributed by atoms with van der Waals surface area (Å²) in [6.07, 6.45) is 3.26. The summed E-state index contributed by atoms with van der Waals surface area (Å²) in [6, 6.07) is 8.29. The second kappa shape index (κ2) is 6.37. The van der Waals surface area contributed by atoms with Crippen molar-refractivity contribution in [2.24, 2.45) is 0 Å². The van der Waals surface area contributed by atoms with Gasteiger partial charge in [-0.3, -0.25) is 0 Å². The lowest BCUT2D eigenvalue weighted by Crippen LogP contribution is -2.04. The maximum absolute atomic E-state index is 5.96. The van der Waals surface area contributed by atoms with E-state index in [1.165, 1.54) is 5.56 Å². The number of thiophene rings is 2. The Hall–Kier alpha value is -1.72. The van der Waals surface area contributed by atoms with E-state index < -0.39 is 0 Å². The zero-order valence-corrected chi connectivity index (χ0v) is 13.5. The minimum Gasteiger partial charge on any atom is -0.368 e. The summed E-state index contributed by atoms with van der Waals surface area (Å²) in [5.41, 5.74) is 9.16. The predicted octanol–water partition coefficient (Wildman–Crippen LogP) is 4.86. The van der Waals surface area contributed by atoms with Crippen LogP contribution in [-0.4, -0.2) is 9.97 Å². The van der Waals surface area contributed by atoms with Crippen LogP contribution >= 0.6 is 22.7 Å². The van der Waals surface area contributed by atoms with Gasteiger partial charge in [0.05, 0.1) is 21.1 Å². The minimum atomic E-state index is 0.349. The lowest BCUT2D eigenvalue weighted by Gasteiger charge is -2.12. The Morgan fingerprint density at radius 2 is 1.57 bits per heavy atom. The molecule has 0 saturated carbocycles. The monoisotopic (exact) mass is 315 g/mol. The molecular weight excluding hydrogens is 298 g/mol. The van der Waals surface area contributed by atoms with Crippen molar-refractivity contribution in [1.82, 2.24) is 9.97 Å². The molecule has 0 aliphatic rings. The molecule has 21 heavy (non-hydrogen) atoms. The number of hydrogen-bond acceptors (Lipinski definition) is 5. The first kappa shape index (κ1) is 14.2. The average Bonchev–Trinajstić information content (AvgIpc) is 3.18. The van der Waals surface area contributed by atoms with E-state index in [2.05, 4.69) is 39.8 Å². The molecule has 3 rings (SSSR count). The smallest absolute Gasteiger partial charge is 0.221 e. The van der Waals surface area contributed by atoms with Gasteiger partial charge in [-0.05, 0) is 35.7 Å². The Balaban J connectivity index is 2.18. The van der Waals surface area contributed by atoms with Crippen molar-refractivity contribution in [3.63, 3.8) is 0 Å². The number of unbranched alkanes of at least 4 members (excludes halogenated alkanes) is 1. The number of hydrogen-bond donors (Lipinski definition) is 1. The average molecular weight is 315 g/mol. The summed E-state index contributed by atoms with van der Waals surface area (Å²) in [7, 11) is 0. The highest BCUT2D eigenvalue weighted by Crippen LogP contribution is 2.35. The van der Waals surface area contributed by atoms with Crippen molar-refractivity contribution in [3.8, 4) is 21.1 Å². The van der Waals surface area contributed by atoms with Crippen LogP contribution in [0.2, 0.25) is 0 Å². The maximum atomic E-state index is 5.96. The number of aromatic nitrogens is 2. The molecule has 3 aromatic rings. The van der Waals surface area contributed by atoms with Gasteiger partial charge in [-0.25, -0.2) is 9.97 Å². The van der Waals surface area contributed by atoms with Crippen molar-refractivity contribution >= 4 is 28.6 Å². The van der Waals surface area contributed by atoms with E-state index in [0.29, 0.717) is 5.95 Å². The van der Waals surface area contributed by atoms with Gasteiger partial charge in [0.2, 0.25) is 5.95 Å². The zero-order valence-electron chi connectivity index (χ0n) is 11.9. The third kappa shape index (κ3) is 2.99. The van der Waals surface area contributed by atoms with Gasteiger partial charge in [-0.15, -0.1) is 22.7 Å². The second-order valence-electron chi connectivity index (χ2n) is 4.82. The van der Waals surface area contributed by atoms with E-state index >= 15 is 0 Å². The highest BCUT2D eigenvalue weighted by molar-refractivity contribution is 7.14. The summed E-state index contributed by atoms with van der Waals surface area (Å²) in [4.78, 5) is 11.4. The Morgan fingerprint density at radius 3 is 2.00 bits per heavy atom. The van der Waals surface area contributed by atoms with Crippen LogP contribution < -0.4 is 5.73 Å². The summed E-state index contributed by atoms with van der Waals surface area (Å²) in [5.74, 6) is 0.349. The molecule has 0 unspecified atom stereocenters. The predicted molar refractivity (Wildman–Crippen MR) is 91.7 cm³/mol. The van der Waals surface area contributed by atoms with Crippen LogP contribution in [0, 0.1) is 0 Å². The molecule has 0 aliphatic heterocycles. The fourth-order valence-corrected chi connectivity index (χ4v) is 3.81. The molecule has 0 bridgehead atoms. The summed E-state index contributed by atoms with van der Waals surface area (Å²) in [5, 5.41) is 4.14. The third-order valence-electron chi connectivity index (χ3n) is 3.31. The lowest BCUT2D eigenvalue weighted by atomic mass is 10.0. The van der Waals surface area contributed by atoms with E-state index in [9.17, 15) is 0 Å². The molecular formula is C16H17N3S2. The van der Waals surface area contributed by atoms with Crippen LogP contribution in [0.1, 0.15) is 25.3 Å². The van der Waals surface area contributed by atoms with E-state index in [-0.39, 0.29) is 0 Å². The van der Waals surface area contributed by atoms with Crippen LogP contribution in [0.25, 0.3) is 21.1 Å². The Kier molecular flexibility index (Phi) is 4.31. The maximum Gasteiger partial charge on any atom is 0.221 e. The van der Waals surface area contributed by atoms with Crippen molar-refractivity contribution in [1.29, 1.82) is 0 Å². The normalized spacial score (nSPS) is 10.9. The molecule has 2 N–H and O–H groups in total. The van der Waals surface area contributed by atoms with E-state index in [4.69, 9.17) is 5.73 Å². The standard InChI is InChI=1S/C16H17N3S2/c1-2-3-6-11-14(12-7-4-9-20-12)18-16(17)19-15(11)13-8-5-10-21-13/h4-5,7-10H,2-3,6H2,1H3,(H2,17,18,19). The SMILES string of the molecule is CCCCc1c(-c2cccs2)nc(N)nc1-c1cccs1. The van der Waals surface area contributed by atoms with E-state index in [0.717, 1.165) is 40.4 Å². The number of rotatable bonds is 5. The van der Waals surface area contributed by atoms with E-state index in [1.807, 2.05) is 12.1 Å². The van der Waals surface area contributed by atoms with E-state index in [1.54, 1.807) is 22.7 Å². The quantitative estimate of drug-likeness (QED) is 0.731. The van der Waals surface area contributed by atoms with Crippen LogP contribution in [0.4, 0.5) is 5.95 Å². The molecule has 0 aliphatic carbocycles. The van der Waals surface area contributed by atoms with Crippen LogP contribution in [0.3, 0.4) is 0 Å². The molecule has 0 spiro atoms. The first-order valence-corrected chi connectivity index (χ1v) is 8.79. The third-order valence-corrected chi connectivity index (χ3v) is 5.07. The first-order chi connectivity index (χ1) is 10.3. The van der Waals surface area contributed by atoms with Crippen LogP contribution in [0.15, 0.2) is 35.0 Å². The molecule has 5 heteroatoms. The zero-order chi connectivity index (χ0) is 14.7. The fraction of sp³-hybridized carbons (Fsp3) is 0.250. The highest BCUT2D eigenvalue weighted by atomic mass is 32.1. The van der Waals surface area contributed by atoms with Gasteiger partial charge < -0.3 is 5.73 Å². The largest absolute Gasteiger partial charge is 0.368 e. The highest BCUT2D eigenvalue weighted by Gasteiger charge is 2.17. The molecule has 3 heterocycles. The van der Waals surface area contributed by atoms with Crippen LogP contribution in [-0.2, 0) is 6.42 Å². The number of nitrogens with zero attached hydrogens (tertiary/aromatic N) is 2. The Morgan fingerprint density at radius 1 is 1.00 bits per heavy atom. The van der Waals surface area contributed by atoms with Gasteiger partial charge >= 0.3 is 0 Å². The summed E-state index contributed by atoms with van der Waals surface area (Å²) in [6.45, 7) is 2.20. The number of nitrogens with two attached hydrogens (primary N) is 1. The molecule has 0 saturated heterocycles. The van der Waals surface area contributed by atoms with Gasteiger partial charge in [0.1, 0.15) is 0 Å². The van der Waals surface area contributed by atoms with Gasteiger partial charge in [0.25, 0.3) is 0 Å². The Bertz CT molecular complexity index is 648. The van der Waals surface area contributed by atoms with Gasteiger partial charge in [-0.2, -0.15) is 0 Å². The number of nitrogen functional groups attached to an aromatic ring is 1. The van der Waals surface area contributed by atoms with Crippen molar-refractivity contribution in [2.75, 3.05) is 5.73 Å². The summed E-state index contributed by atoms with van der Waals surface area (Å²) >= 11 is 3.39. The summed E-state index contributed by atoms with van der Waals surface area (Å²) < 4.78 is 0. The molecule has 0 amide bonds. The molecule has 3 aromatic heterocycles. The Labute approximate surface area is 132 Å². The second-order valence-corrected chi connectivity index (χ2v) is 6.71. The molecule has 3 nitrogen and oxygen atoms in total. The van der Waals surface area contributed by atoms with Gasteiger partial charge in [0.15, 0.2) is 0 Å². The number of anilines is 1. The van der Waals surface area contributed by atoms with Gasteiger partial charge in [-0.1, -0.05) is 25.5 Å². The van der Waals surface area contributed by atoms with Crippen molar-refractivity contribution in [2.45, 2.75) is 26.2 Å². The van der Waals surface area contributed by atoms with Crippen molar-refractivity contribution < 1.29 is 0 Å². The molecule has 0 fully saturated rings. The molecule has 0 aromatic carbocycles. The van der Waals surface area contributed by atoms with Gasteiger partial charge in [0, 0.05) is 5.56 Å². The molecule has 0 radical (unpaired) electrons. The van der Waals surface area contributed by atoms with Crippen LogP contribution in [0.5, 0.6) is 0 Å². The molecule has 108 valence electrons.